The molecule has 1 heterocycles. The zero-order chi connectivity index (χ0) is 10.4. The van der Waals surface area contributed by atoms with E-state index in [0.29, 0.717) is 6.73 Å². The van der Waals surface area contributed by atoms with Crippen molar-refractivity contribution in [2.24, 2.45) is 0 Å². The highest BCUT2D eigenvalue weighted by molar-refractivity contribution is 6.76. The van der Waals surface area contributed by atoms with Crippen LogP contribution in [0.4, 0.5) is 5.69 Å². The second kappa shape index (κ2) is 5.16. The Bertz CT molecular complexity index is 243. The third-order valence-electron chi connectivity index (χ3n) is 1.87. The summed E-state index contributed by atoms with van der Waals surface area (Å²) in [6.07, 6.45) is 3.55. The minimum Gasteiger partial charge on any atom is -0.362 e. The highest BCUT2D eigenvalue weighted by atomic mass is 28.3. The van der Waals surface area contributed by atoms with Crippen LogP contribution in [0.1, 0.15) is 0 Å². The predicted octanol–water partition coefficient (Wildman–Crippen LogP) is 2.13. The predicted molar refractivity (Wildman–Crippen MR) is 61.2 cm³/mol. The third kappa shape index (κ3) is 5.03. The van der Waals surface area contributed by atoms with Gasteiger partial charge in [0.2, 0.25) is 0 Å². The van der Waals surface area contributed by atoms with E-state index in [1.807, 2.05) is 6.20 Å². The molecular weight excluding hydrogens is 194 g/mol. The molecule has 80 valence electrons. The lowest BCUT2D eigenvalue weighted by molar-refractivity contribution is 0.166. The molecule has 5 heteroatoms. The first-order chi connectivity index (χ1) is 6.58. The van der Waals surface area contributed by atoms with Crippen LogP contribution in [-0.4, -0.2) is 31.6 Å². The van der Waals surface area contributed by atoms with Gasteiger partial charge in [-0.15, -0.1) is 0 Å². The molecule has 0 saturated carbocycles. The molecule has 2 N–H and O–H groups in total. The van der Waals surface area contributed by atoms with Crippen molar-refractivity contribution >= 4 is 13.8 Å². The van der Waals surface area contributed by atoms with Crippen LogP contribution in [0.25, 0.3) is 0 Å². The molecular formula is C9H19N3OSi. The first-order valence-electron chi connectivity index (χ1n) is 4.88. The summed E-state index contributed by atoms with van der Waals surface area (Å²) in [4.78, 5) is 0. The number of hydrogen-bond acceptors (Lipinski definition) is 3. The lowest BCUT2D eigenvalue weighted by Gasteiger charge is -2.15. The minimum absolute atomic E-state index is 0.560. The number of aromatic nitrogens is 2. The van der Waals surface area contributed by atoms with Gasteiger partial charge in [0.05, 0.1) is 11.9 Å². The highest BCUT2D eigenvalue weighted by Crippen LogP contribution is 2.07. The normalized spacial score (nSPS) is 11.6. The summed E-state index contributed by atoms with van der Waals surface area (Å²) in [5, 5.41) is 9.67. The maximum Gasteiger partial charge on any atom is 0.116 e. The Kier molecular flexibility index (Phi) is 4.15. The van der Waals surface area contributed by atoms with Gasteiger partial charge in [-0.1, -0.05) is 19.6 Å². The summed E-state index contributed by atoms with van der Waals surface area (Å²) >= 11 is 0. The Balaban J connectivity index is 2.00. The first kappa shape index (κ1) is 11.3. The van der Waals surface area contributed by atoms with E-state index in [4.69, 9.17) is 4.74 Å². The van der Waals surface area contributed by atoms with Crippen LogP contribution in [0.3, 0.4) is 0 Å². The Hall–Kier alpha value is -0.813. The number of aromatic amines is 1. The molecule has 0 fully saturated rings. The van der Waals surface area contributed by atoms with Gasteiger partial charge in [-0.05, 0) is 6.04 Å². The van der Waals surface area contributed by atoms with Gasteiger partial charge >= 0.3 is 0 Å². The molecule has 0 aliphatic carbocycles. The van der Waals surface area contributed by atoms with Crippen LogP contribution < -0.4 is 5.32 Å². The van der Waals surface area contributed by atoms with E-state index in [9.17, 15) is 0 Å². The van der Waals surface area contributed by atoms with Crippen LogP contribution in [0.15, 0.2) is 12.4 Å². The maximum absolute atomic E-state index is 5.46. The van der Waals surface area contributed by atoms with Gasteiger partial charge in [0.25, 0.3) is 0 Å². The number of nitrogens with zero attached hydrogens (tertiary/aromatic N) is 1. The second-order valence-electron chi connectivity index (χ2n) is 4.53. The molecule has 1 rings (SSSR count). The number of hydrogen-bond donors (Lipinski definition) is 2. The molecule has 14 heavy (non-hydrogen) atoms. The molecule has 1 aromatic rings. The maximum atomic E-state index is 5.46. The quantitative estimate of drug-likeness (QED) is 0.432. The fourth-order valence-electron chi connectivity index (χ4n) is 0.932. The summed E-state index contributed by atoms with van der Waals surface area (Å²) in [6.45, 7) is 8.45. The molecule has 0 aromatic carbocycles. The Morgan fingerprint density at radius 3 is 2.86 bits per heavy atom. The van der Waals surface area contributed by atoms with Gasteiger partial charge in [0, 0.05) is 20.9 Å². The van der Waals surface area contributed by atoms with Crippen LogP contribution in [0.2, 0.25) is 25.7 Å². The SMILES string of the molecule is C[Si](C)(C)CCOCNc1cn[nH]c1. The van der Waals surface area contributed by atoms with Crippen molar-refractivity contribution in [2.45, 2.75) is 25.7 Å². The zero-order valence-electron chi connectivity index (χ0n) is 9.13. The van der Waals surface area contributed by atoms with Crippen molar-refractivity contribution in [1.29, 1.82) is 0 Å². The van der Waals surface area contributed by atoms with Crippen molar-refractivity contribution in [3.8, 4) is 0 Å². The van der Waals surface area contributed by atoms with Gasteiger partial charge < -0.3 is 10.1 Å². The van der Waals surface area contributed by atoms with E-state index in [2.05, 4.69) is 35.2 Å². The van der Waals surface area contributed by atoms with Crippen molar-refractivity contribution < 1.29 is 4.74 Å². The standard InChI is InChI=1S/C9H19N3OSi/c1-14(2,3)5-4-13-8-10-9-6-11-12-7-9/h6-7,10H,4-5,8H2,1-3H3,(H,11,12). The average molecular weight is 213 g/mol. The lowest BCUT2D eigenvalue weighted by atomic mass is 10.6. The number of anilines is 1. The molecule has 0 amide bonds. The van der Waals surface area contributed by atoms with Gasteiger partial charge in [0.15, 0.2) is 0 Å². The summed E-state index contributed by atoms with van der Waals surface area (Å²) in [5.41, 5.74) is 0.970. The van der Waals surface area contributed by atoms with Gasteiger partial charge in [-0.2, -0.15) is 5.10 Å². The second-order valence-corrected chi connectivity index (χ2v) is 10.1. The van der Waals surface area contributed by atoms with Crippen molar-refractivity contribution in [1.82, 2.24) is 10.2 Å². The molecule has 0 unspecified atom stereocenters. The van der Waals surface area contributed by atoms with E-state index >= 15 is 0 Å². The fraction of sp³-hybridized carbons (Fsp3) is 0.667. The Labute approximate surface area is 86.1 Å². The topological polar surface area (TPSA) is 49.9 Å². The summed E-state index contributed by atoms with van der Waals surface area (Å²) in [5.74, 6) is 0. The van der Waals surface area contributed by atoms with Crippen molar-refractivity contribution in [3.63, 3.8) is 0 Å². The van der Waals surface area contributed by atoms with Crippen LogP contribution in [0.5, 0.6) is 0 Å². The molecule has 1 aromatic heterocycles. The van der Waals surface area contributed by atoms with Crippen molar-refractivity contribution in [3.05, 3.63) is 12.4 Å². The van der Waals surface area contributed by atoms with Crippen molar-refractivity contribution in [2.75, 3.05) is 18.7 Å². The van der Waals surface area contributed by atoms with E-state index in [1.54, 1.807) is 6.20 Å². The molecule has 0 atom stereocenters. The number of H-pyrrole nitrogens is 1. The first-order valence-corrected chi connectivity index (χ1v) is 8.59. The third-order valence-corrected chi connectivity index (χ3v) is 3.58. The summed E-state index contributed by atoms with van der Waals surface area (Å²) in [6, 6.07) is 1.21. The summed E-state index contributed by atoms with van der Waals surface area (Å²) < 4.78 is 5.46. The van der Waals surface area contributed by atoms with Gasteiger partial charge in [0.1, 0.15) is 6.73 Å². The molecule has 0 radical (unpaired) electrons. The molecule has 4 nitrogen and oxygen atoms in total. The average Bonchev–Trinajstić information content (AvgIpc) is 2.54. The molecule has 0 saturated heterocycles. The largest absolute Gasteiger partial charge is 0.362 e. The molecule has 0 aliphatic rings. The minimum atomic E-state index is -0.945. The molecule has 0 aliphatic heterocycles. The van der Waals surface area contributed by atoms with Crippen LogP contribution >= 0.6 is 0 Å². The van der Waals surface area contributed by atoms with E-state index in [1.165, 1.54) is 6.04 Å². The van der Waals surface area contributed by atoms with E-state index in [0.717, 1.165) is 12.3 Å². The van der Waals surface area contributed by atoms with Crippen LogP contribution in [0, 0.1) is 0 Å². The van der Waals surface area contributed by atoms with Gasteiger partial charge in [-0.25, -0.2) is 0 Å². The monoisotopic (exact) mass is 213 g/mol. The van der Waals surface area contributed by atoms with E-state index < -0.39 is 8.07 Å². The smallest absolute Gasteiger partial charge is 0.116 e. The van der Waals surface area contributed by atoms with E-state index in [-0.39, 0.29) is 0 Å². The van der Waals surface area contributed by atoms with Gasteiger partial charge in [-0.3, -0.25) is 5.10 Å². The Morgan fingerprint density at radius 1 is 1.50 bits per heavy atom. The number of rotatable bonds is 6. The number of nitrogens with one attached hydrogen (secondary N) is 2. The fourth-order valence-corrected chi connectivity index (χ4v) is 1.69. The summed E-state index contributed by atoms with van der Waals surface area (Å²) in [7, 11) is -0.945. The Morgan fingerprint density at radius 2 is 2.29 bits per heavy atom. The molecule has 0 bridgehead atoms. The molecule has 0 spiro atoms. The highest BCUT2D eigenvalue weighted by Gasteiger charge is 2.11. The van der Waals surface area contributed by atoms with Crippen LogP contribution in [-0.2, 0) is 4.74 Å². The lowest BCUT2D eigenvalue weighted by Crippen LogP contribution is -2.22. The zero-order valence-corrected chi connectivity index (χ0v) is 10.1. The number of ether oxygens (including phenoxy) is 1.